The number of nitrogen functional groups attached to an aromatic ring is 1. The second kappa shape index (κ2) is 16.5. The fourth-order valence-electron chi connectivity index (χ4n) is 5.25. The van der Waals surface area contributed by atoms with Crippen LogP contribution in [0.2, 0.25) is 0 Å². The van der Waals surface area contributed by atoms with Crippen molar-refractivity contribution in [3.63, 3.8) is 0 Å². The minimum Gasteiger partial charge on any atom is -0.497 e. The maximum Gasteiger partial charge on any atom is 0.318 e. The third-order valence-corrected chi connectivity index (χ3v) is 9.84. The molecule has 4 N–H and O–H groups in total. The summed E-state index contributed by atoms with van der Waals surface area (Å²) in [5.74, 6) is 2.33. The molecule has 0 spiro atoms. The molecule has 3 aromatic rings. The van der Waals surface area contributed by atoms with Crippen molar-refractivity contribution in [2.45, 2.75) is 63.6 Å². The van der Waals surface area contributed by atoms with Gasteiger partial charge in [0.25, 0.3) is 0 Å². The zero-order valence-electron chi connectivity index (χ0n) is 26.9. The van der Waals surface area contributed by atoms with Gasteiger partial charge in [0.1, 0.15) is 5.75 Å². The molecule has 1 unspecified atom stereocenters. The van der Waals surface area contributed by atoms with Crippen molar-refractivity contribution in [3.8, 4) is 17.2 Å². The van der Waals surface area contributed by atoms with Gasteiger partial charge in [-0.1, -0.05) is 38.5 Å². The van der Waals surface area contributed by atoms with E-state index in [2.05, 4.69) is 5.32 Å². The van der Waals surface area contributed by atoms with Gasteiger partial charge < -0.3 is 35.3 Å². The van der Waals surface area contributed by atoms with Gasteiger partial charge in [0.05, 0.1) is 18.6 Å². The lowest BCUT2D eigenvalue weighted by molar-refractivity contribution is 0.172. The summed E-state index contributed by atoms with van der Waals surface area (Å²) in [5, 5.41) is 13.3. The van der Waals surface area contributed by atoms with E-state index in [1.54, 1.807) is 24.1 Å². The Morgan fingerprint density at radius 2 is 1.70 bits per heavy atom. The first-order valence-corrected chi connectivity index (χ1v) is 17.1. The summed E-state index contributed by atoms with van der Waals surface area (Å²) in [6.45, 7) is 5.34. The molecule has 1 atom stereocenters. The van der Waals surface area contributed by atoms with Crippen molar-refractivity contribution in [1.82, 2.24) is 14.5 Å². The maximum atomic E-state index is 13.6. The fraction of sp³-hybridized carbons (Fsp3) is 0.441. The first-order chi connectivity index (χ1) is 22.1. The number of urea groups is 1. The van der Waals surface area contributed by atoms with E-state index in [1.165, 1.54) is 16.4 Å². The molecular weight excluding hydrogens is 608 g/mol. The zero-order valence-corrected chi connectivity index (χ0v) is 27.7. The number of unbranched alkanes of at least 4 members (excludes halogenated alkanes) is 1. The van der Waals surface area contributed by atoms with Crippen molar-refractivity contribution < 1.29 is 32.5 Å². The Morgan fingerprint density at radius 3 is 2.39 bits per heavy atom. The number of nitrogens with zero attached hydrogens (tertiary/aromatic N) is 2. The van der Waals surface area contributed by atoms with Crippen LogP contribution >= 0.6 is 0 Å². The average Bonchev–Trinajstić information content (AvgIpc) is 3.51. The van der Waals surface area contributed by atoms with E-state index < -0.39 is 16.1 Å². The van der Waals surface area contributed by atoms with E-state index in [0.717, 1.165) is 11.1 Å². The highest BCUT2D eigenvalue weighted by atomic mass is 32.2. The number of methoxy groups -OCH3 is 1. The van der Waals surface area contributed by atoms with Crippen molar-refractivity contribution in [2.75, 3.05) is 39.3 Å². The summed E-state index contributed by atoms with van der Waals surface area (Å²) < 4.78 is 44.9. The minimum absolute atomic E-state index is 0.148. The van der Waals surface area contributed by atoms with E-state index in [1.807, 2.05) is 56.3 Å². The number of aliphatic hydroxyl groups excluding tert-OH is 1. The largest absolute Gasteiger partial charge is 0.497 e. The highest BCUT2D eigenvalue weighted by Gasteiger charge is 2.31. The highest BCUT2D eigenvalue weighted by Crippen LogP contribution is 2.33. The lowest BCUT2D eigenvalue weighted by atomic mass is 10.1. The topological polar surface area (TPSA) is 144 Å². The number of carbonyl (C=O) groups excluding carboxylic acids is 1. The van der Waals surface area contributed by atoms with Crippen LogP contribution in [0.4, 0.5) is 10.5 Å². The summed E-state index contributed by atoms with van der Waals surface area (Å²) >= 11 is 0. The number of hydrogen-bond donors (Lipinski definition) is 3. The smallest absolute Gasteiger partial charge is 0.318 e. The Labute approximate surface area is 272 Å². The van der Waals surface area contributed by atoms with Crippen molar-refractivity contribution in [2.24, 2.45) is 5.92 Å². The summed E-state index contributed by atoms with van der Waals surface area (Å²) in [5.41, 5.74) is 8.08. The van der Waals surface area contributed by atoms with E-state index in [0.29, 0.717) is 74.8 Å². The van der Waals surface area contributed by atoms with Crippen LogP contribution in [0.15, 0.2) is 71.6 Å². The number of rotatable bonds is 17. The van der Waals surface area contributed by atoms with Gasteiger partial charge in [-0.3, -0.25) is 0 Å². The average molecular weight is 655 g/mol. The molecular formula is C34H46N4O7S. The fourth-order valence-corrected chi connectivity index (χ4v) is 6.91. The van der Waals surface area contributed by atoms with E-state index in [9.17, 15) is 18.3 Å². The number of hydrogen-bond acceptors (Lipinski definition) is 8. The molecule has 0 radical (unpaired) electrons. The van der Waals surface area contributed by atoms with Crippen LogP contribution in [0.5, 0.6) is 17.2 Å². The molecule has 3 aromatic carbocycles. The Bertz CT molecular complexity index is 1530. The maximum absolute atomic E-state index is 13.6. The summed E-state index contributed by atoms with van der Waals surface area (Å²) in [6.07, 6.45) is 2.33. The standard InChI is InChI=1S/C34H46N4O7S/c1-25(2)16-18-38(46(41,42)31-13-11-28(35)12-14-31)29(23-39)8-4-5-17-36-34(40)37(21-26-7-6-9-30(19-26)43-3)22-27-10-15-32-33(20-27)45-24-44-32/h6-7,9-15,19-20,25,29,39H,4-5,8,16-18,21-24,35H2,1-3H3,(H,36,40). The van der Waals surface area contributed by atoms with Gasteiger partial charge in [-0.15, -0.1) is 0 Å². The lowest BCUT2D eigenvalue weighted by Gasteiger charge is -2.30. The molecule has 0 aromatic heterocycles. The second-order valence-corrected chi connectivity index (χ2v) is 13.7. The molecule has 4 rings (SSSR count). The molecule has 12 heteroatoms. The molecule has 1 aliphatic heterocycles. The first-order valence-electron chi connectivity index (χ1n) is 15.6. The number of nitrogens with one attached hydrogen (secondary N) is 1. The minimum atomic E-state index is -3.85. The van der Waals surface area contributed by atoms with Crippen LogP contribution in [0.1, 0.15) is 50.7 Å². The van der Waals surface area contributed by atoms with Gasteiger partial charge in [-0.2, -0.15) is 4.31 Å². The molecule has 1 heterocycles. The molecule has 0 aliphatic carbocycles. The van der Waals surface area contributed by atoms with Gasteiger partial charge in [0, 0.05) is 37.9 Å². The SMILES string of the molecule is COc1cccc(CN(Cc2ccc3c(c2)OCO3)C(=O)NCCCCC(CO)N(CCC(C)C)S(=O)(=O)c2ccc(N)cc2)c1. The van der Waals surface area contributed by atoms with E-state index in [-0.39, 0.29) is 30.2 Å². The number of anilines is 1. The highest BCUT2D eigenvalue weighted by molar-refractivity contribution is 7.89. The molecule has 1 aliphatic rings. The van der Waals surface area contributed by atoms with E-state index >= 15 is 0 Å². The number of carbonyl (C=O) groups is 1. The molecule has 250 valence electrons. The van der Waals surface area contributed by atoms with Crippen LogP contribution in [0.3, 0.4) is 0 Å². The summed E-state index contributed by atoms with van der Waals surface area (Å²) in [7, 11) is -2.24. The van der Waals surface area contributed by atoms with Crippen molar-refractivity contribution in [3.05, 3.63) is 77.9 Å². The van der Waals surface area contributed by atoms with Crippen LogP contribution in [0, 0.1) is 5.92 Å². The van der Waals surface area contributed by atoms with Crippen LogP contribution in [-0.2, 0) is 23.1 Å². The molecule has 46 heavy (non-hydrogen) atoms. The van der Waals surface area contributed by atoms with Crippen molar-refractivity contribution in [1.29, 1.82) is 0 Å². The molecule has 2 amide bonds. The molecule has 0 saturated carbocycles. The zero-order chi connectivity index (χ0) is 33.1. The van der Waals surface area contributed by atoms with Gasteiger partial charge in [0.15, 0.2) is 11.5 Å². The number of fused-ring (bicyclic) bond motifs is 1. The number of ether oxygens (including phenoxy) is 3. The number of nitrogens with two attached hydrogens (primary N) is 1. The number of benzene rings is 3. The van der Waals surface area contributed by atoms with Crippen LogP contribution < -0.4 is 25.3 Å². The van der Waals surface area contributed by atoms with Crippen molar-refractivity contribution >= 4 is 21.7 Å². The Hall–Kier alpha value is -4.00. The van der Waals surface area contributed by atoms with E-state index in [4.69, 9.17) is 19.9 Å². The predicted octanol–water partition coefficient (Wildman–Crippen LogP) is 4.99. The van der Waals surface area contributed by atoms with Crippen LogP contribution in [0.25, 0.3) is 0 Å². The van der Waals surface area contributed by atoms with Crippen LogP contribution in [-0.4, -0.2) is 68.4 Å². The lowest BCUT2D eigenvalue weighted by Crippen LogP contribution is -2.43. The van der Waals surface area contributed by atoms with Gasteiger partial charge in [-0.05, 0) is 84.8 Å². The van der Waals surface area contributed by atoms with Gasteiger partial charge >= 0.3 is 6.03 Å². The molecule has 0 bridgehead atoms. The van der Waals surface area contributed by atoms with Gasteiger partial charge in [0.2, 0.25) is 16.8 Å². The Morgan fingerprint density at radius 1 is 0.978 bits per heavy atom. The Balaban J connectivity index is 1.38. The molecule has 0 saturated heterocycles. The number of aliphatic hydroxyl groups is 1. The third-order valence-electron chi connectivity index (χ3n) is 7.88. The molecule has 0 fully saturated rings. The number of amides is 2. The second-order valence-electron chi connectivity index (χ2n) is 11.8. The number of sulfonamides is 1. The summed E-state index contributed by atoms with van der Waals surface area (Å²) in [6, 6.07) is 18.5. The third kappa shape index (κ3) is 9.51. The normalized spacial score (nSPS) is 13.2. The summed E-state index contributed by atoms with van der Waals surface area (Å²) in [4.78, 5) is 15.3. The quantitative estimate of drug-likeness (QED) is 0.137. The van der Waals surface area contributed by atoms with Gasteiger partial charge in [-0.25, -0.2) is 13.2 Å². The first kappa shape index (κ1) is 34.9. The molecule has 11 nitrogen and oxygen atoms in total. The monoisotopic (exact) mass is 654 g/mol. The Kier molecular flexibility index (Phi) is 12.5. The predicted molar refractivity (Wildman–Crippen MR) is 177 cm³/mol.